The minimum absolute atomic E-state index is 0.161. The Morgan fingerprint density at radius 3 is 2.39 bits per heavy atom. The summed E-state index contributed by atoms with van der Waals surface area (Å²) >= 11 is 0. The van der Waals surface area contributed by atoms with Crippen LogP contribution in [0.25, 0.3) is 22.0 Å². The molecule has 3 aromatic carbocycles. The molecule has 4 rings (SSSR count). The van der Waals surface area contributed by atoms with Gasteiger partial charge < -0.3 is 14.4 Å². The summed E-state index contributed by atoms with van der Waals surface area (Å²) < 4.78 is 45.8. The van der Waals surface area contributed by atoms with Gasteiger partial charge in [-0.15, -0.1) is 0 Å². The van der Waals surface area contributed by atoms with Gasteiger partial charge in [-0.2, -0.15) is 13.2 Å². The lowest BCUT2D eigenvalue weighted by atomic mass is 10.0. The largest absolute Gasteiger partial charge is 0.489 e. The fourth-order valence-corrected chi connectivity index (χ4v) is 3.47. The Morgan fingerprint density at radius 2 is 1.68 bits per heavy atom. The number of hydrogen-bond acceptors (Lipinski definition) is 2. The number of nitrogens with zero attached hydrogens (tertiary/aromatic N) is 1. The molecule has 158 valence electrons. The molecule has 0 bridgehead atoms. The molecule has 1 N–H and O–H groups in total. The summed E-state index contributed by atoms with van der Waals surface area (Å²) in [6, 6.07) is 21.7. The fraction of sp³-hybridized carbons (Fsp3) is 0.125. The highest BCUT2D eigenvalue weighted by Gasteiger charge is 2.29. The molecule has 31 heavy (non-hydrogen) atoms. The van der Waals surface area contributed by atoms with E-state index in [0.717, 1.165) is 21.9 Å². The van der Waals surface area contributed by atoms with Crippen molar-refractivity contribution in [3.63, 3.8) is 0 Å². The average molecular weight is 425 g/mol. The summed E-state index contributed by atoms with van der Waals surface area (Å²) in [5, 5.41) is 9.62. The van der Waals surface area contributed by atoms with E-state index in [9.17, 15) is 23.1 Å². The lowest BCUT2D eigenvalue weighted by Gasteiger charge is -2.11. The monoisotopic (exact) mass is 425 g/mol. The number of aromatic carboxylic acids is 1. The number of hydrogen-bond donors (Lipinski definition) is 1. The van der Waals surface area contributed by atoms with Gasteiger partial charge >= 0.3 is 12.1 Å². The number of fused-ring (bicyclic) bond motifs is 1. The Hall–Kier alpha value is -3.74. The molecule has 0 aliphatic heterocycles. The summed E-state index contributed by atoms with van der Waals surface area (Å²) in [4.78, 5) is 11.5. The molecule has 1 heterocycles. The van der Waals surface area contributed by atoms with Gasteiger partial charge in [-0.1, -0.05) is 54.6 Å². The zero-order valence-electron chi connectivity index (χ0n) is 16.3. The molecule has 4 aromatic rings. The Balaban J connectivity index is 1.68. The van der Waals surface area contributed by atoms with E-state index in [1.807, 2.05) is 36.4 Å². The van der Waals surface area contributed by atoms with Gasteiger partial charge in [-0.25, -0.2) is 4.79 Å². The lowest BCUT2D eigenvalue weighted by molar-refractivity contribution is -0.139. The first-order valence-electron chi connectivity index (χ1n) is 9.50. The van der Waals surface area contributed by atoms with Crippen LogP contribution < -0.4 is 4.74 Å². The first-order valence-corrected chi connectivity index (χ1v) is 9.50. The van der Waals surface area contributed by atoms with E-state index < -0.39 is 18.7 Å². The number of carboxylic acid groups (broad SMARTS) is 1. The highest BCUT2D eigenvalue weighted by atomic mass is 19.4. The van der Waals surface area contributed by atoms with Crippen molar-refractivity contribution in [1.82, 2.24) is 4.57 Å². The normalized spacial score (nSPS) is 11.6. The molecular weight excluding hydrogens is 407 g/mol. The van der Waals surface area contributed by atoms with E-state index in [1.165, 1.54) is 0 Å². The number of aromatic nitrogens is 1. The number of benzene rings is 3. The second kappa shape index (κ2) is 8.18. The van der Waals surface area contributed by atoms with Crippen LogP contribution in [0.15, 0.2) is 79.0 Å². The molecule has 0 fully saturated rings. The third-order valence-electron chi connectivity index (χ3n) is 4.88. The molecule has 0 unspecified atom stereocenters. The molecule has 0 saturated heterocycles. The highest BCUT2D eigenvalue weighted by Crippen LogP contribution is 2.31. The van der Waals surface area contributed by atoms with Crippen LogP contribution >= 0.6 is 0 Å². The summed E-state index contributed by atoms with van der Waals surface area (Å²) in [5.41, 5.74) is 2.48. The lowest BCUT2D eigenvalue weighted by Crippen LogP contribution is -2.16. The number of ether oxygens (including phenoxy) is 1. The zero-order chi connectivity index (χ0) is 22.0. The van der Waals surface area contributed by atoms with Crippen molar-refractivity contribution in [2.24, 2.45) is 0 Å². The topological polar surface area (TPSA) is 51.5 Å². The smallest absolute Gasteiger partial charge is 0.406 e. The molecular formula is C24H18F3NO3. The Morgan fingerprint density at radius 1 is 0.935 bits per heavy atom. The highest BCUT2D eigenvalue weighted by molar-refractivity contribution is 6.04. The number of halogens is 3. The predicted octanol–water partition coefficient (Wildman–Crippen LogP) is 6.15. The minimum atomic E-state index is -4.47. The van der Waals surface area contributed by atoms with Crippen LogP contribution in [0.1, 0.15) is 15.9 Å². The van der Waals surface area contributed by atoms with Crippen molar-refractivity contribution >= 4 is 16.9 Å². The van der Waals surface area contributed by atoms with E-state index in [1.54, 1.807) is 36.4 Å². The van der Waals surface area contributed by atoms with E-state index in [-0.39, 0.29) is 16.5 Å². The van der Waals surface area contributed by atoms with Crippen LogP contribution in [0, 0.1) is 0 Å². The first-order chi connectivity index (χ1) is 14.8. The maximum atomic E-state index is 13.0. The van der Waals surface area contributed by atoms with Gasteiger partial charge in [0.15, 0.2) is 0 Å². The minimum Gasteiger partial charge on any atom is -0.489 e. The van der Waals surface area contributed by atoms with Crippen LogP contribution in [0.3, 0.4) is 0 Å². The molecule has 0 aliphatic carbocycles. The van der Waals surface area contributed by atoms with Crippen molar-refractivity contribution in [3.05, 3.63) is 90.1 Å². The van der Waals surface area contributed by atoms with Crippen molar-refractivity contribution in [1.29, 1.82) is 0 Å². The maximum absolute atomic E-state index is 13.0. The second-order valence-corrected chi connectivity index (χ2v) is 7.13. The average Bonchev–Trinajstić information content (AvgIpc) is 3.10. The molecule has 0 atom stereocenters. The van der Waals surface area contributed by atoms with Crippen molar-refractivity contribution < 1.29 is 27.8 Å². The molecule has 1 aromatic heterocycles. The summed E-state index contributed by atoms with van der Waals surface area (Å²) in [7, 11) is 0. The molecule has 0 spiro atoms. The maximum Gasteiger partial charge on any atom is 0.406 e. The second-order valence-electron chi connectivity index (χ2n) is 7.13. The van der Waals surface area contributed by atoms with E-state index in [2.05, 4.69) is 0 Å². The molecule has 7 heteroatoms. The van der Waals surface area contributed by atoms with E-state index in [4.69, 9.17) is 4.74 Å². The number of carboxylic acids is 1. The van der Waals surface area contributed by atoms with Gasteiger partial charge in [0.1, 0.15) is 18.9 Å². The summed E-state index contributed by atoms with van der Waals surface area (Å²) in [5.74, 6) is -0.645. The third kappa shape index (κ3) is 4.71. The van der Waals surface area contributed by atoms with E-state index >= 15 is 0 Å². The first kappa shape index (κ1) is 20.5. The molecule has 0 radical (unpaired) electrons. The van der Waals surface area contributed by atoms with Gasteiger partial charge in [0.2, 0.25) is 0 Å². The third-order valence-corrected chi connectivity index (χ3v) is 4.88. The van der Waals surface area contributed by atoms with Crippen LogP contribution in [-0.2, 0) is 13.2 Å². The van der Waals surface area contributed by atoms with Crippen LogP contribution in [0.5, 0.6) is 5.75 Å². The SMILES string of the molecule is O=C(O)c1cn(CC(F)(F)F)c2cc(-c3cccc(OCc4ccccc4)c3)ccc12. The number of alkyl halides is 3. The van der Waals surface area contributed by atoms with Gasteiger partial charge in [0.25, 0.3) is 0 Å². The van der Waals surface area contributed by atoms with Crippen molar-refractivity contribution in [2.75, 3.05) is 0 Å². The standard InChI is InChI=1S/C24H18F3NO3/c25-24(26,27)15-28-13-21(23(29)30)20-10-9-18(12-22(20)28)17-7-4-8-19(11-17)31-14-16-5-2-1-3-6-16/h1-13H,14-15H2,(H,29,30). The molecule has 4 nitrogen and oxygen atoms in total. The van der Waals surface area contributed by atoms with Crippen LogP contribution in [0.2, 0.25) is 0 Å². The predicted molar refractivity (Wildman–Crippen MR) is 111 cm³/mol. The summed E-state index contributed by atoms with van der Waals surface area (Å²) in [6.45, 7) is -0.875. The Bertz CT molecular complexity index is 1230. The summed E-state index contributed by atoms with van der Waals surface area (Å²) in [6.07, 6.45) is -3.44. The number of carbonyl (C=O) groups is 1. The van der Waals surface area contributed by atoms with Gasteiger partial charge in [-0.05, 0) is 34.9 Å². The number of rotatable bonds is 6. The van der Waals surface area contributed by atoms with Crippen LogP contribution in [-0.4, -0.2) is 21.8 Å². The quantitative estimate of drug-likeness (QED) is 0.403. The van der Waals surface area contributed by atoms with E-state index in [0.29, 0.717) is 17.9 Å². The Labute approximate surface area is 176 Å². The molecule has 0 aliphatic rings. The van der Waals surface area contributed by atoms with Crippen molar-refractivity contribution in [3.8, 4) is 16.9 Å². The van der Waals surface area contributed by atoms with Gasteiger partial charge in [-0.3, -0.25) is 0 Å². The fourth-order valence-electron chi connectivity index (χ4n) is 3.47. The molecule has 0 amide bonds. The molecule has 0 saturated carbocycles. The van der Waals surface area contributed by atoms with Crippen molar-refractivity contribution in [2.45, 2.75) is 19.3 Å². The van der Waals surface area contributed by atoms with Gasteiger partial charge in [0.05, 0.1) is 5.56 Å². The van der Waals surface area contributed by atoms with Gasteiger partial charge in [0, 0.05) is 17.1 Å². The van der Waals surface area contributed by atoms with Crippen LogP contribution in [0.4, 0.5) is 13.2 Å². The Kier molecular flexibility index (Phi) is 5.42. The zero-order valence-corrected chi connectivity index (χ0v) is 16.3.